The Morgan fingerprint density at radius 2 is 1.81 bits per heavy atom. The maximum absolute atomic E-state index is 14.1. The zero-order valence-electron chi connectivity index (χ0n) is 17.2. The van der Waals surface area contributed by atoms with Crippen molar-refractivity contribution in [2.45, 2.75) is 44.2 Å². The van der Waals surface area contributed by atoms with Crippen molar-refractivity contribution in [2.24, 2.45) is 0 Å². The van der Waals surface area contributed by atoms with E-state index >= 15 is 0 Å². The smallest absolute Gasteiger partial charge is 0.248 e. The lowest BCUT2D eigenvalue weighted by molar-refractivity contribution is -0.127. The summed E-state index contributed by atoms with van der Waals surface area (Å²) in [7, 11) is 0. The molecular formula is C25H25FN2O2S. The second-order valence-electron chi connectivity index (χ2n) is 7.80. The summed E-state index contributed by atoms with van der Waals surface area (Å²) in [6.07, 6.45) is 4.21. The van der Waals surface area contributed by atoms with Crippen LogP contribution in [0.15, 0.2) is 72.1 Å². The Kier molecular flexibility index (Phi) is 6.77. The molecule has 0 radical (unpaired) electrons. The van der Waals surface area contributed by atoms with E-state index in [1.165, 1.54) is 28.4 Å². The van der Waals surface area contributed by atoms with Gasteiger partial charge in [0, 0.05) is 16.6 Å². The molecule has 1 saturated carbocycles. The highest BCUT2D eigenvalue weighted by Crippen LogP contribution is 2.30. The lowest BCUT2D eigenvalue weighted by Gasteiger charge is -2.32. The molecule has 1 aliphatic rings. The van der Waals surface area contributed by atoms with E-state index in [0.29, 0.717) is 11.3 Å². The summed E-state index contributed by atoms with van der Waals surface area (Å²) in [5, 5.41) is 5.05. The van der Waals surface area contributed by atoms with E-state index in [9.17, 15) is 14.0 Å². The van der Waals surface area contributed by atoms with Crippen LogP contribution >= 0.6 is 11.3 Å². The molecule has 0 saturated heterocycles. The van der Waals surface area contributed by atoms with Crippen molar-refractivity contribution in [3.05, 3.63) is 88.4 Å². The van der Waals surface area contributed by atoms with Crippen LogP contribution in [0.3, 0.4) is 0 Å². The van der Waals surface area contributed by atoms with Gasteiger partial charge in [0.1, 0.15) is 11.9 Å². The highest BCUT2D eigenvalue weighted by molar-refractivity contribution is 7.10. The molecule has 160 valence electrons. The average molecular weight is 437 g/mol. The number of amides is 2. The third-order valence-corrected chi connectivity index (χ3v) is 6.46. The molecule has 1 unspecified atom stereocenters. The number of rotatable bonds is 7. The van der Waals surface area contributed by atoms with E-state index < -0.39 is 11.9 Å². The molecule has 2 aromatic carbocycles. The van der Waals surface area contributed by atoms with Gasteiger partial charge >= 0.3 is 0 Å². The Labute approximate surface area is 185 Å². The molecule has 4 rings (SSSR count). The van der Waals surface area contributed by atoms with Crippen LogP contribution in [0.25, 0.3) is 0 Å². The first-order valence-electron chi connectivity index (χ1n) is 10.6. The van der Waals surface area contributed by atoms with Crippen molar-refractivity contribution in [3.63, 3.8) is 0 Å². The monoisotopic (exact) mass is 436 g/mol. The lowest BCUT2D eigenvalue weighted by atomic mass is 10.0. The first-order chi connectivity index (χ1) is 15.1. The van der Waals surface area contributed by atoms with Crippen molar-refractivity contribution >= 4 is 28.8 Å². The molecular weight excluding hydrogens is 411 g/mol. The number of halogens is 1. The van der Waals surface area contributed by atoms with E-state index in [2.05, 4.69) is 5.32 Å². The molecule has 1 fully saturated rings. The van der Waals surface area contributed by atoms with Crippen molar-refractivity contribution in [1.29, 1.82) is 0 Å². The van der Waals surface area contributed by atoms with Crippen LogP contribution in [0, 0.1) is 5.82 Å². The van der Waals surface area contributed by atoms with Crippen LogP contribution in [-0.4, -0.2) is 17.9 Å². The Bertz CT molecular complexity index is 1020. The quantitative estimate of drug-likeness (QED) is 0.549. The normalized spacial score (nSPS) is 14.9. The van der Waals surface area contributed by atoms with E-state index in [0.717, 1.165) is 30.6 Å². The fraction of sp³-hybridized carbons (Fsp3) is 0.280. The Morgan fingerprint density at radius 1 is 1.03 bits per heavy atom. The maximum atomic E-state index is 14.1. The third-order valence-electron chi connectivity index (χ3n) is 5.58. The maximum Gasteiger partial charge on any atom is 0.248 e. The molecule has 3 aromatic rings. The van der Waals surface area contributed by atoms with Crippen LogP contribution in [0.4, 0.5) is 10.1 Å². The second-order valence-corrected chi connectivity index (χ2v) is 8.84. The first kappa shape index (κ1) is 21.2. The summed E-state index contributed by atoms with van der Waals surface area (Å²) in [6.45, 7) is 0. The second kappa shape index (κ2) is 9.88. The van der Waals surface area contributed by atoms with Gasteiger partial charge in [-0.15, -0.1) is 11.3 Å². The van der Waals surface area contributed by atoms with Gasteiger partial charge < -0.3 is 5.32 Å². The minimum absolute atomic E-state index is 0.112. The summed E-state index contributed by atoms with van der Waals surface area (Å²) >= 11 is 1.49. The molecule has 1 aliphatic carbocycles. The van der Waals surface area contributed by atoms with Crippen molar-refractivity contribution < 1.29 is 14.0 Å². The van der Waals surface area contributed by atoms with E-state index in [4.69, 9.17) is 0 Å². The molecule has 4 nitrogen and oxygen atoms in total. The summed E-state index contributed by atoms with van der Waals surface area (Å²) in [5.41, 5.74) is 1.07. The molecule has 1 aromatic heterocycles. The third kappa shape index (κ3) is 5.20. The zero-order valence-corrected chi connectivity index (χ0v) is 18.0. The standard InChI is InChI=1S/C25H25FN2O2S/c26-19-10-6-13-21(16-19)28(23(29)17-22-14-7-15-31-22)24(18-8-2-1-3-9-18)25(30)27-20-11-4-5-12-20/h1-3,6-10,13-16,20,24H,4-5,11-12,17H2,(H,27,30). The van der Waals surface area contributed by atoms with Gasteiger partial charge in [0.2, 0.25) is 11.8 Å². The van der Waals surface area contributed by atoms with Gasteiger partial charge in [-0.2, -0.15) is 0 Å². The minimum atomic E-state index is -0.879. The van der Waals surface area contributed by atoms with Gasteiger partial charge in [-0.25, -0.2) is 4.39 Å². The summed E-state index contributed by atoms with van der Waals surface area (Å²) in [4.78, 5) is 29.4. The Hall–Kier alpha value is -2.99. The summed E-state index contributed by atoms with van der Waals surface area (Å²) < 4.78 is 14.1. The molecule has 1 atom stereocenters. The van der Waals surface area contributed by atoms with Crippen molar-refractivity contribution in [3.8, 4) is 0 Å². The van der Waals surface area contributed by atoms with Crippen LogP contribution in [0.2, 0.25) is 0 Å². The average Bonchev–Trinajstić information content (AvgIpc) is 3.46. The lowest BCUT2D eigenvalue weighted by Crippen LogP contribution is -2.46. The highest BCUT2D eigenvalue weighted by atomic mass is 32.1. The highest BCUT2D eigenvalue weighted by Gasteiger charge is 2.34. The van der Waals surface area contributed by atoms with Gasteiger partial charge in [0.15, 0.2) is 0 Å². The molecule has 0 spiro atoms. The summed E-state index contributed by atoms with van der Waals surface area (Å²) in [6, 6.07) is 18.1. The van der Waals surface area contributed by atoms with Gasteiger partial charge in [-0.3, -0.25) is 14.5 Å². The van der Waals surface area contributed by atoms with Crippen LogP contribution < -0.4 is 10.2 Å². The number of carbonyl (C=O) groups is 2. The van der Waals surface area contributed by atoms with Gasteiger partial charge in [-0.05, 0) is 48.1 Å². The molecule has 1 heterocycles. The number of benzene rings is 2. The fourth-order valence-corrected chi connectivity index (χ4v) is 4.81. The Balaban J connectivity index is 1.74. The predicted molar refractivity (Wildman–Crippen MR) is 121 cm³/mol. The van der Waals surface area contributed by atoms with Gasteiger partial charge in [0.05, 0.1) is 6.42 Å². The molecule has 2 amide bonds. The van der Waals surface area contributed by atoms with E-state index in [-0.39, 0.29) is 24.3 Å². The molecule has 6 heteroatoms. The van der Waals surface area contributed by atoms with Crippen LogP contribution in [-0.2, 0) is 16.0 Å². The van der Waals surface area contributed by atoms with Crippen LogP contribution in [0.5, 0.6) is 0 Å². The number of anilines is 1. The SMILES string of the molecule is O=C(NC1CCCC1)C(c1ccccc1)N(C(=O)Cc1cccs1)c1cccc(F)c1. The van der Waals surface area contributed by atoms with Crippen molar-refractivity contribution in [1.82, 2.24) is 5.32 Å². The van der Waals surface area contributed by atoms with Gasteiger partial charge in [0.25, 0.3) is 0 Å². The number of carbonyl (C=O) groups excluding carboxylic acids is 2. The number of hydrogen-bond donors (Lipinski definition) is 1. The fourth-order valence-electron chi connectivity index (χ4n) is 4.11. The molecule has 31 heavy (non-hydrogen) atoms. The molecule has 1 N–H and O–H groups in total. The molecule has 0 aliphatic heterocycles. The topological polar surface area (TPSA) is 49.4 Å². The first-order valence-corrected chi connectivity index (χ1v) is 11.4. The predicted octanol–water partition coefficient (Wildman–Crippen LogP) is 5.26. The Morgan fingerprint density at radius 3 is 2.48 bits per heavy atom. The van der Waals surface area contributed by atoms with Gasteiger partial charge in [-0.1, -0.05) is 55.3 Å². The molecule has 0 bridgehead atoms. The number of hydrogen-bond acceptors (Lipinski definition) is 3. The minimum Gasteiger partial charge on any atom is -0.351 e. The van der Waals surface area contributed by atoms with E-state index in [1.807, 2.05) is 47.8 Å². The number of thiophene rings is 1. The van der Waals surface area contributed by atoms with Crippen molar-refractivity contribution in [2.75, 3.05) is 4.90 Å². The number of nitrogens with zero attached hydrogens (tertiary/aromatic N) is 1. The zero-order chi connectivity index (χ0) is 21.6. The largest absolute Gasteiger partial charge is 0.351 e. The number of nitrogens with one attached hydrogen (secondary N) is 1. The van der Waals surface area contributed by atoms with Crippen LogP contribution in [0.1, 0.15) is 42.2 Å². The summed E-state index contributed by atoms with van der Waals surface area (Å²) in [5.74, 6) is -0.931. The van der Waals surface area contributed by atoms with E-state index in [1.54, 1.807) is 12.1 Å².